The predicted octanol–water partition coefficient (Wildman–Crippen LogP) is 3.00. The first-order valence-electron chi connectivity index (χ1n) is 5.30. The highest BCUT2D eigenvalue weighted by atomic mass is 35.5. The van der Waals surface area contributed by atoms with Crippen molar-refractivity contribution < 1.29 is 14.6 Å². The fraction of sp³-hybridized carbons (Fsp3) is 0.167. The van der Waals surface area contributed by atoms with Crippen molar-refractivity contribution >= 4 is 29.2 Å². The first kappa shape index (κ1) is 13.7. The highest BCUT2D eigenvalue weighted by Crippen LogP contribution is 2.23. The van der Waals surface area contributed by atoms with Crippen molar-refractivity contribution in [3.05, 3.63) is 46.0 Å². The molecule has 0 saturated heterocycles. The van der Waals surface area contributed by atoms with Crippen LogP contribution in [0, 0.1) is 0 Å². The van der Waals surface area contributed by atoms with Gasteiger partial charge in [-0.15, -0.1) is 0 Å². The van der Waals surface area contributed by atoms with E-state index in [-0.39, 0.29) is 17.2 Å². The van der Waals surface area contributed by atoms with Crippen LogP contribution in [0.15, 0.2) is 24.4 Å². The quantitative estimate of drug-likeness (QED) is 0.943. The number of nitrogens with zero attached hydrogens (tertiary/aromatic N) is 2. The summed E-state index contributed by atoms with van der Waals surface area (Å²) in [4.78, 5) is 15.0. The van der Waals surface area contributed by atoms with Crippen LogP contribution in [0.25, 0.3) is 0 Å². The molecule has 0 spiro atoms. The molecule has 2 aromatic rings. The number of halogens is 2. The number of benzene rings is 1. The summed E-state index contributed by atoms with van der Waals surface area (Å²) in [5, 5.41) is 9.62. The van der Waals surface area contributed by atoms with Gasteiger partial charge in [0.15, 0.2) is 0 Å². The lowest BCUT2D eigenvalue weighted by molar-refractivity contribution is 0.0696. The summed E-state index contributed by atoms with van der Waals surface area (Å²) < 4.78 is 7.14. The highest BCUT2D eigenvalue weighted by Gasteiger charge is 2.11. The maximum absolute atomic E-state index is 10.9. The summed E-state index contributed by atoms with van der Waals surface area (Å²) >= 11 is 11.6. The van der Waals surface area contributed by atoms with Gasteiger partial charge >= 0.3 is 5.97 Å². The number of rotatable bonds is 4. The second kappa shape index (κ2) is 5.50. The van der Waals surface area contributed by atoms with Crippen LogP contribution in [0.2, 0.25) is 10.2 Å². The van der Waals surface area contributed by atoms with E-state index in [1.54, 1.807) is 17.7 Å². The Morgan fingerprint density at radius 1 is 1.47 bits per heavy atom. The summed E-state index contributed by atoms with van der Waals surface area (Å²) in [5.41, 5.74) is -0.00274. The number of aromatic carboxylic acids is 1. The van der Waals surface area contributed by atoms with Crippen molar-refractivity contribution in [3.8, 4) is 5.75 Å². The van der Waals surface area contributed by atoms with Crippen LogP contribution in [0.3, 0.4) is 0 Å². The summed E-state index contributed by atoms with van der Waals surface area (Å²) in [6.07, 6.45) is 1.52. The number of hydrogen-bond donors (Lipinski definition) is 1. The van der Waals surface area contributed by atoms with Gasteiger partial charge < -0.3 is 14.4 Å². The summed E-state index contributed by atoms with van der Waals surface area (Å²) in [7, 11) is 1.76. The molecule has 0 saturated carbocycles. The first-order valence-corrected chi connectivity index (χ1v) is 6.06. The van der Waals surface area contributed by atoms with Gasteiger partial charge in [-0.05, 0) is 18.2 Å². The minimum atomic E-state index is -1.10. The minimum absolute atomic E-state index is 0.00274. The van der Waals surface area contributed by atoms with Gasteiger partial charge in [-0.3, -0.25) is 0 Å². The lowest BCUT2D eigenvalue weighted by atomic mass is 10.2. The second-order valence-electron chi connectivity index (χ2n) is 3.79. The second-order valence-corrected chi connectivity index (χ2v) is 4.59. The third-order valence-electron chi connectivity index (χ3n) is 2.56. The van der Waals surface area contributed by atoms with Gasteiger partial charge in [0.2, 0.25) is 0 Å². The minimum Gasteiger partial charge on any atom is -0.486 e. The van der Waals surface area contributed by atoms with E-state index >= 15 is 0 Å². The molecule has 100 valence electrons. The monoisotopic (exact) mass is 300 g/mol. The van der Waals surface area contributed by atoms with Crippen molar-refractivity contribution in [2.75, 3.05) is 0 Å². The highest BCUT2D eigenvalue weighted by molar-refractivity contribution is 6.33. The van der Waals surface area contributed by atoms with E-state index in [0.29, 0.717) is 16.7 Å². The zero-order valence-electron chi connectivity index (χ0n) is 9.93. The molecule has 5 nitrogen and oxygen atoms in total. The summed E-state index contributed by atoms with van der Waals surface area (Å²) in [5.74, 6) is -0.0618. The number of carboxylic acids is 1. The van der Waals surface area contributed by atoms with Gasteiger partial charge in [0, 0.05) is 7.05 Å². The average Bonchev–Trinajstić information content (AvgIpc) is 2.69. The molecule has 1 aromatic heterocycles. The Labute approximate surface area is 119 Å². The van der Waals surface area contributed by atoms with E-state index in [2.05, 4.69) is 4.98 Å². The molecule has 0 atom stereocenters. The molecule has 0 fully saturated rings. The molecular weight excluding hydrogens is 291 g/mol. The zero-order valence-corrected chi connectivity index (χ0v) is 11.4. The number of carboxylic acid groups (broad SMARTS) is 1. The lowest BCUT2D eigenvalue weighted by Crippen LogP contribution is -2.04. The van der Waals surface area contributed by atoms with E-state index in [1.165, 1.54) is 18.3 Å². The van der Waals surface area contributed by atoms with E-state index in [4.69, 9.17) is 33.0 Å². The van der Waals surface area contributed by atoms with Gasteiger partial charge in [-0.1, -0.05) is 23.2 Å². The number of aromatic nitrogens is 2. The fourth-order valence-electron chi connectivity index (χ4n) is 1.46. The Hall–Kier alpha value is -1.72. The SMILES string of the molecule is Cn1c(Cl)cnc1COc1ccc(Cl)c(C(=O)O)c1. The molecule has 1 N–H and O–H groups in total. The molecule has 0 bridgehead atoms. The molecule has 1 aromatic carbocycles. The maximum atomic E-state index is 10.9. The lowest BCUT2D eigenvalue weighted by Gasteiger charge is -2.08. The normalized spacial score (nSPS) is 10.5. The first-order chi connectivity index (χ1) is 8.99. The Morgan fingerprint density at radius 3 is 2.79 bits per heavy atom. The Bertz CT molecular complexity index is 625. The van der Waals surface area contributed by atoms with Crippen LogP contribution >= 0.6 is 23.2 Å². The smallest absolute Gasteiger partial charge is 0.337 e. The number of ether oxygens (including phenoxy) is 1. The zero-order chi connectivity index (χ0) is 14.0. The third kappa shape index (κ3) is 3.00. The molecule has 0 unspecified atom stereocenters. The Balaban J connectivity index is 2.14. The molecule has 7 heteroatoms. The van der Waals surface area contributed by atoms with E-state index in [9.17, 15) is 4.79 Å². The van der Waals surface area contributed by atoms with Crippen LogP contribution in [-0.4, -0.2) is 20.6 Å². The summed E-state index contributed by atoms with van der Waals surface area (Å²) in [6.45, 7) is 0.184. The Kier molecular flexibility index (Phi) is 3.97. The molecular formula is C12H10Cl2N2O3. The van der Waals surface area contributed by atoms with Crippen molar-refractivity contribution in [3.63, 3.8) is 0 Å². The molecule has 0 aliphatic rings. The van der Waals surface area contributed by atoms with Crippen LogP contribution in [0.1, 0.15) is 16.2 Å². The molecule has 1 heterocycles. The predicted molar refractivity (Wildman–Crippen MR) is 71.0 cm³/mol. The fourth-order valence-corrected chi connectivity index (χ4v) is 1.81. The number of hydrogen-bond acceptors (Lipinski definition) is 3. The molecule has 19 heavy (non-hydrogen) atoms. The number of imidazole rings is 1. The Morgan fingerprint density at radius 2 is 2.21 bits per heavy atom. The van der Waals surface area contributed by atoms with E-state index in [0.717, 1.165) is 0 Å². The molecule has 0 aliphatic heterocycles. The summed E-state index contributed by atoms with van der Waals surface area (Å²) in [6, 6.07) is 4.44. The molecule has 2 rings (SSSR count). The van der Waals surface area contributed by atoms with Crippen LogP contribution in [0.5, 0.6) is 5.75 Å². The van der Waals surface area contributed by atoms with E-state index in [1.807, 2.05) is 0 Å². The number of carbonyl (C=O) groups is 1. The van der Waals surface area contributed by atoms with Gasteiger partial charge in [-0.25, -0.2) is 9.78 Å². The van der Waals surface area contributed by atoms with Crippen molar-refractivity contribution in [1.29, 1.82) is 0 Å². The van der Waals surface area contributed by atoms with Gasteiger partial charge in [0.25, 0.3) is 0 Å². The standard InChI is InChI=1S/C12H10Cl2N2O3/c1-16-10(14)5-15-11(16)6-19-7-2-3-9(13)8(4-7)12(17)18/h2-5H,6H2,1H3,(H,17,18). The van der Waals surface area contributed by atoms with Crippen molar-refractivity contribution in [2.24, 2.45) is 7.05 Å². The van der Waals surface area contributed by atoms with Crippen molar-refractivity contribution in [2.45, 2.75) is 6.61 Å². The molecule has 0 amide bonds. The van der Waals surface area contributed by atoms with Gasteiger partial charge in [-0.2, -0.15) is 0 Å². The molecule has 0 radical (unpaired) electrons. The van der Waals surface area contributed by atoms with Crippen LogP contribution in [0.4, 0.5) is 0 Å². The third-order valence-corrected chi connectivity index (χ3v) is 3.24. The molecule has 0 aliphatic carbocycles. The van der Waals surface area contributed by atoms with Crippen LogP contribution in [-0.2, 0) is 13.7 Å². The maximum Gasteiger partial charge on any atom is 0.337 e. The van der Waals surface area contributed by atoms with Gasteiger partial charge in [0.1, 0.15) is 23.3 Å². The van der Waals surface area contributed by atoms with Crippen LogP contribution < -0.4 is 4.74 Å². The average molecular weight is 301 g/mol. The van der Waals surface area contributed by atoms with Crippen molar-refractivity contribution in [1.82, 2.24) is 9.55 Å². The largest absolute Gasteiger partial charge is 0.486 e. The topological polar surface area (TPSA) is 64.4 Å². The van der Waals surface area contributed by atoms with Gasteiger partial charge in [0.05, 0.1) is 16.8 Å². The van der Waals surface area contributed by atoms with E-state index < -0.39 is 5.97 Å².